The van der Waals surface area contributed by atoms with Crippen molar-refractivity contribution in [1.82, 2.24) is 5.01 Å². The first-order chi connectivity index (χ1) is 8.82. The van der Waals surface area contributed by atoms with E-state index in [1.54, 1.807) is 32.4 Å². The minimum Gasteiger partial charge on any atom is -0.496 e. The van der Waals surface area contributed by atoms with Crippen LogP contribution >= 0.6 is 0 Å². The summed E-state index contributed by atoms with van der Waals surface area (Å²) in [6.45, 7) is 5.92. The first-order valence-electron chi connectivity index (χ1n) is 6.07. The molecule has 0 saturated heterocycles. The molecule has 0 bridgehead atoms. The number of methoxy groups -OCH3 is 2. The van der Waals surface area contributed by atoms with Gasteiger partial charge in [-0.05, 0) is 32.9 Å². The molecule has 1 aromatic rings. The molecule has 0 spiro atoms. The van der Waals surface area contributed by atoms with Crippen LogP contribution in [-0.2, 0) is 11.3 Å². The van der Waals surface area contributed by atoms with Gasteiger partial charge in [0.05, 0.1) is 24.8 Å². The van der Waals surface area contributed by atoms with Crippen molar-refractivity contribution in [3.8, 4) is 5.75 Å². The largest absolute Gasteiger partial charge is 0.496 e. The van der Waals surface area contributed by atoms with Crippen LogP contribution < -0.4 is 10.6 Å². The molecule has 0 atom stereocenters. The monoisotopic (exact) mass is 266 g/mol. The van der Waals surface area contributed by atoms with Gasteiger partial charge in [-0.3, -0.25) is 9.80 Å². The van der Waals surface area contributed by atoms with E-state index in [4.69, 9.17) is 15.3 Å². The minimum absolute atomic E-state index is 0.251. The third-order valence-corrected chi connectivity index (χ3v) is 2.81. The molecule has 0 fully saturated rings. The number of carbonyl (C=O) groups is 1. The summed E-state index contributed by atoms with van der Waals surface area (Å²) in [4.78, 5) is 12.4. The van der Waals surface area contributed by atoms with E-state index in [0.717, 1.165) is 0 Å². The molecule has 0 saturated carbocycles. The predicted molar refractivity (Wildman–Crippen MR) is 73.8 cm³/mol. The first-order valence-corrected chi connectivity index (χ1v) is 6.07. The van der Waals surface area contributed by atoms with Crippen molar-refractivity contribution in [1.29, 1.82) is 0 Å². The Hall–Kier alpha value is -1.59. The maximum atomic E-state index is 12.4. The molecule has 5 nitrogen and oxygen atoms in total. The van der Waals surface area contributed by atoms with Gasteiger partial charge in [-0.1, -0.05) is 6.07 Å². The normalized spacial score (nSPS) is 11.3. The molecule has 0 aliphatic carbocycles. The van der Waals surface area contributed by atoms with Crippen molar-refractivity contribution in [2.24, 2.45) is 5.84 Å². The summed E-state index contributed by atoms with van der Waals surface area (Å²) < 4.78 is 10.4. The molecule has 1 aromatic carbocycles. The first kappa shape index (κ1) is 15.5. The number of nitrogens with zero attached hydrogens (tertiary/aromatic N) is 1. The molecule has 1 amide bonds. The van der Waals surface area contributed by atoms with Crippen molar-refractivity contribution in [3.05, 3.63) is 29.3 Å². The van der Waals surface area contributed by atoms with Crippen molar-refractivity contribution >= 4 is 5.91 Å². The fourth-order valence-electron chi connectivity index (χ4n) is 1.68. The molecule has 106 valence electrons. The Labute approximate surface area is 114 Å². The van der Waals surface area contributed by atoms with Crippen molar-refractivity contribution in [2.75, 3.05) is 14.2 Å². The van der Waals surface area contributed by atoms with Gasteiger partial charge in [0, 0.05) is 12.7 Å². The number of hydrogen-bond acceptors (Lipinski definition) is 4. The highest BCUT2D eigenvalue weighted by molar-refractivity contribution is 5.96. The fraction of sp³-hybridized carbons (Fsp3) is 0.500. The maximum absolute atomic E-state index is 12.4. The van der Waals surface area contributed by atoms with Crippen LogP contribution in [0.5, 0.6) is 5.75 Å². The summed E-state index contributed by atoms with van der Waals surface area (Å²) in [5, 5.41) is 1.22. The lowest BCUT2D eigenvalue weighted by atomic mass is 10.0. The molecule has 2 N–H and O–H groups in total. The summed E-state index contributed by atoms with van der Waals surface area (Å²) in [7, 11) is 3.14. The Bertz CT molecular complexity index is 452. The Morgan fingerprint density at radius 2 is 1.95 bits per heavy atom. The van der Waals surface area contributed by atoms with Crippen LogP contribution in [-0.4, -0.2) is 30.7 Å². The lowest BCUT2D eigenvalue weighted by Gasteiger charge is -2.31. The molecule has 1 rings (SSSR count). The number of hydrazine groups is 1. The molecular weight excluding hydrogens is 244 g/mol. The van der Waals surface area contributed by atoms with E-state index in [2.05, 4.69) is 0 Å². The van der Waals surface area contributed by atoms with E-state index in [1.807, 2.05) is 20.8 Å². The summed E-state index contributed by atoms with van der Waals surface area (Å²) in [5.74, 6) is 6.25. The summed E-state index contributed by atoms with van der Waals surface area (Å²) >= 11 is 0. The second-order valence-corrected chi connectivity index (χ2v) is 5.27. The van der Waals surface area contributed by atoms with E-state index in [9.17, 15) is 4.79 Å². The third kappa shape index (κ3) is 3.45. The number of ether oxygens (including phenoxy) is 2. The smallest absolute Gasteiger partial charge is 0.268 e. The van der Waals surface area contributed by atoms with Gasteiger partial charge in [-0.2, -0.15) is 0 Å². The van der Waals surface area contributed by atoms with Gasteiger partial charge in [-0.15, -0.1) is 0 Å². The van der Waals surface area contributed by atoms with Gasteiger partial charge in [0.15, 0.2) is 0 Å². The third-order valence-electron chi connectivity index (χ3n) is 2.81. The Kier molecular flexibility index (Phi) is 4.91. The molecule has 0 radical (unpaired) electrons. The Morgan fingerprint density at radius 3 is 2.42 bits per heavy atom. The van der Waals surface area contributed by atoms with Gasteiger partial charge in [0.2, 0.25) is 0 Å². The molecule has 0 aromatic heterocycles. The molecule has 19 heavy (non-hydrogen) atoms. The van der Waals surface area contributed by atoms with E-state index < -0.39 is 5.54 Å². The second kappa shape index (κ2) is 6.04. The van der Waals surface area contributed by atoms with Gasteiger partial charge in [0.1, 0.15) is 5.75 Å². The molecule has 5 heteroatoms. The summed E-state index contributed by atoms with van der Waals surface area (Å²) in [6, 6.07) is 5.29. The quantitative estimate of drug-likeness (QED) is 0.514. The fourth-order valence-corrected chi connectivity index (χ4v) is 1.68. The number of carbonyl (C=O) groups excluding carboxylic acids is 1. The zero-order valence-electron chi connectivity index (χ0n) is 12.2. The maximum Gasteiger partial charge on any atom is 0.268 e. The van der Waals surface area contributed by atoms with Crippen LogP contribution in [0.15, 0.2) is 18.2 Å². The minimum atomic E-state index is -0.454. The van der Waals surface area contributed by atoms with E-state index in [1.165, 1.54) is 5.01 Å². The molecule has 0 aliphatic rings. The van der Waals surface area contributed by atoms with Crippen molar-refractivity contribution in [2.45, 2.75) is 32.9 Å². The van der Waals surface area contributed by atoms with Gasteiger partial charge >= 0.3 is 0 Å². The van der Waals surface area contributed by atoms with E-state index in [-0.39, 0.29) is 5.91 Å². The van der Waals surface area contributed by atoms with Crippen LogP contribution in [0.1, 0.15) is 36.7 Å². The van der Waals surface area contributed by atoms with Crippen LogP contribution in [0.3, 0.4) is 0 Å². The zero-order chi connectivity index (χ0) is 14.6. The molecular formula is C14H22N2O3. The SMILES string of the molecule is COCc1c(OC)cccc1C(=O)N(N)C(C)(C)C. The highest BCUT2D eigenvalue weighted by Crippen LogP contribution is 2.25. The summed E-state index contributed by atoms with van der Waals surface area (Å²) in [6.07, 6.45) is 0. The summed E-state index contributed by atoms with van der Waals surface area (Å²) in [5.41, 5.74) is 0.751. The predicted octanol–water partition coefficient (Wildman–Crippen LogP) is 1.96. The van der Waals surface area contributed by atoms with Gasteiger partial charge < -0.3 is 9.47 Å². The number of benzene rings is 1. The Balaban J connectivity index is 3.22. The average molecular weight is 266 g/mol. The number of nitrogens with two attached hydrogens (primary N) is 1. The second-order valence-electron chi connectivity index (χ2n) is 5.27. The molecule has 0 aliphatic heterocycles. The van der Waals surface area contributed by atoms with Gasteiger partial charge in [-0.25, -0.2) is 5.84 Å². The average Bonchev–Trinajstić information content (AvgIpc) is 2.36. The van der Waals surface area contributed by atoms with Crippen LogP contribution in [0.2, 0.25) is 0 Å². The Morgan fingerprint density at radius 1 is 1.32 bits per heavy atom. The lowest BCUT2D eigenvalue weighted by Crippen LogP contribution is -2.50. The lowest BCUT2D eigenvalue weighted by molar-refractivity contribution is 0.0576. The number of hydrogen-bond donors (Lipinski definition) is 1. The topological polar surface area (TPSA) is 64.8 Å². The number of amides is 1. The number of rotatable bonds is 4. The molecule has 0 heterocycles. The van der Waals surface area contributed by atoms with Crippen molar-refractivity contribution in [3.63, 3.8) is 0 Å². The van der Waals surface area contributed by atoms with Crippen LogP contribution in [0.4, 0.5) is 0 Å². The van der Waals surface area contributed by atoms with Gasteiger partial charge in [0.25, 0.3) is 5.91 Å². The molecule has 0 unspecified atom stereocenters. The standard InChI is InChI=1S/C14H22N2O3/c1-14(2,3)16(15)13(17)10-7-6-8-12(19-5)11(10)9-18-4/h6-8H,9,15H2,1-5H3. The zero-order valence-corrected chi connectivity index (χ0v) is 12.2. The van der Waals surface area contributed by atoms with E-state index >= 15 is 0 Å². The highest BCUT2D eigenvalue weighted by Gasteiger charge is 2.27. The van der Waals surface area contributed by atoms with Crippen molar-refractivity contribution < 1.29 is 14.3 Å². The van der Waals surface area contributed by atoms with Crippen LogP contribution in [0.25, 0.3) is 0 Å². The van der Waals surface area contributed by atoms with Crippen LogP contribution in [0, 0.1) is 0 Å². The van der Waals surface area contributed by atoms with E-state index in [0.29, 0.717) is 23.5 Å². The highest BCUT2D eigenvalue weighted by atomic mass is 16.5.